The minimum Gasteiger partial charge on any atom is -0.358 e. The Kier molecular flexibility index (Phi) is 4.03. The average Bonchev–Trinajstić information content (AvgIpc) is 3.06. The number of amides is 1. The van der Waals surface area contributed by atoms with E-state index < -0.39 is 0 Å². The quantitative estimate of drug-likeness (QED) is 0.713. The Morgan fingerprint density at radius 1 is 1.12 bits per heavy atom. The number of piperidine rings is 1. The third-order valence-electron chi connectivity index (χ3n) is 4.80. The van der Waals surface area contributed by atoms with E-state index >= 15 is 0 Å². The Labute approximate surface area is 146 Å². The van der Waals surface area contributed by atoms with E-state index in [9.17, 15) is 4.79 Å². The number of aromatic amines is 1. The number of aromatic nitrogens is 1. The minimum atomic E-state index is 0.0291. The Balaban J connectivity index is 1.57. The lowest BCUT2D eigenvalue weighted by atomic mass is 9.94. The van der Waals surface area contributed by atoms with Crippen LogP contribution in [-0.4, -0.2) is 28.9 Å². The molecule has 1 aliphatic rings. The number of halogens is 1. The molecule has 1 saturated heterocycles. The molecule has 1 N–H and O–H groups in total. The smallest absolute Gasteiger partial charge is 0.255 e. The van der Waals surface area contributed by atoms with Crippen LogP contribution in [0.5, 0.6) is 0 Å². The summed E-state index contributed by atoms with van der Waals surface area (Å²) in [6.07, 6.45) is 2.11. The summed E-state index contributed by atoms with van der Waals surface area (Å²) >= 11 is 6.19. The first-order chi connectivity index (χ1) is 11.7. The summed E-state index contributed by atoms with van der Waals surface area (Å²) in [4.78, 5) is 18.2. The van der Waals surface area contributed by atoms with Crippen molar-refractivity contribution in [3.8, 4) is 0 Å². The lowest BCUT2D eigenvalue weighted by Gasteiger charge is -2.32. The summed E-state index contributed by atoms with van der Waals surface area (Å²) < 4.78 is 0. The van der Waals surface area contributed by atoms with Gasteiger partial charge >= 0.3 is 0 Å². The van der Waals surface area contributed by atoms with Crippen LogP contribution in [0.15, 0.2) is 54.6 Å². The summed E-state index contributed by atoms with van der Waals surface area (Å²) in [7, 11) is 0. The van der Waals surface area contributed by atoms with Gasteiger partial charge in [-0.3, -0.25) is 4.79 Å². The summed E-state index contributed by atoms with van der Waals surface area (Å²) in [5.74, 6) is 0.374. The molecular weight excluding hydrogens is 320 g/mol. The highest BCUT2D eigenvalue weighted by Gasteiger charge is 2.27. The van der Waals surface area contributed by atoms with Crippen LogP contribution >= 0.6 is 11.6 Å². The first-order valence-corrected chi connectivity index (χ1v) is 8.71. The SMILES string of the molecule is O=C(c1ccccc1Cl)N1CCCC(c2cc3ccccc3[nH]2)C1. The fraction of sp³-hybridized carbons (Fsp3) is 0.250. The van der Waals surface area contributed by atoms with Crippen LogP contribution in [-0.2, 0) is 0 Å². The second kappa shape index (κ2) is 6.33. The normalized spacial score (nSPS) is 18.0. The molecule has 0 radical (unpaired) electrons. The number of likely N-dealkylation sites (tertiary alicyclic amines) is 1. The van der Waals surface area contributed by atoms with Crippen LogP contribution in [0.2, 0.25) is 5.02 Å². The molecule has 3 nitrogen and oxygen atoms in total. The number of para-hydroxylation sites is 1. The molecule has 2 aromatic carbocycles. The van der Waals surface area contributed by atoms with Crippen LogP contribution in [0.4, 0.5) is 0 Å². The monoisotopic (exact) mass is 338 g/mol. The molecule has 1 atom stereocenters. The van der Waals surface area contributed by atoms with Crippen molar-refractivity contribution in [3.05, 3.63) is 70.9 Å². The van der Waals surface area contributed by atoms with Crippen molar-refractivity contribution in [1.29, 1.82) is 0 Å². The molecule has 1 amide bonds. The highest BCUT2D eigenvalue weighted by atomic mass is 35.5. The highest BCUT2D eigenvalue weighted by molar-refractivity contribution is 6.33. The van der Waals surface area contributed by atoms with E-state index in [2.05, 4.69) is 23.2 Å². The van der Waals surface area contributed by atoms with Gasteiger partial charge in [-0.1, -0.05) is 41.9 Å². The number of nitrogens with zero attached hydrogens (tertiary/aromatic N) is 1. The van der Waals surface area contributed by atoms with Crippen molar-refractivity contribution in [2.75, 3.05) is 13.1 Å². The number of rotatable bonds is 2. The van der Waals surface area contributed by atoms with E-state index in [1.807, 2.05) is 29.2 Å². The van der Waals surface area contributed by atoms with Crippen molar-refractivity contribution in [2.24, 2.45) is 0 Å². The molecule has 4 heteroatoms. The van der Waals surface area contributed by atoms with Crippen LogP contribution in [0.3, 0.4) is 0 Å². The van der Waals surface area contributed by atoms with Crippen LogP contribution in [0, 0.1) is 0 Å². The van der Waals surface area contributed by atoms with Crippen LogP contribution < -0.4 is 0 Å². The predicted octanol–water partition coefficient (Wildman–Crippen LogP) is 4.84. The molecule has 1 fully saturated rings. The topological polar surface area (TPSA) is 36.1 Å². The van der Waals surface area contributed by atoms with Gasteiger partial charge in [0.25, 0.3) is 5.91 Å². The molecule has 3 aromatic rings. The lowest BCUT2D eigenvalue weighted by Crippen LogP contribution is -2.39. The number of H-pyrrole nitrogens is 1. The molecule has 1 aliphatic heterocycles. The Hall–Kier alpha value is -2.26. The summed E-state index contributed by atoms with van der Waals surface area (Å²) in [5.41, 5.74) is 2.96. The van der Waals surface area contributed by atoms with E-state index in [-0.39, 0.29) is 5.91 Å². The summed E-state index contributed by atoms with van der Waals surface area (Å²) in [6.45, 7) is 1.53. The number of benzene rings is 2. The Morgan fingerprint density at radius 2 is 1.92 bits per heavy atom. The van der Waals surface area contributed by atoms with Crippen LogP contribution in [0.1, 0.15) is 34.8 Å². The van der Waals surface area contributed by atoms with Gasteiger partial charge in [0, 0.05) is 30.2 Å². The number of carbonyl (C=O) groups excluding carboxylic acids is 1. The van der Waals surface area contributed by atoms with E-state index in [1.54, 1.807) is 12.1 Å². The second-order valence-electron chi connectivity index (χ2n) is 6.38. The molecule has 4 rings (SSSR count). The fourth-order valence-electron chi connectivity index (χ4n) is 3.54. The second-order valence-corrected chi connectivity index (χ2v) is 6.79. The number of hydrogen-bond donors (Lipinski definition) is 1. The minimum absolute atomic E-state index is 0.0291. The first kappa shape index (κ1) is 15.3. The van der Waals surface area contributed by atoms with E-state index in [0.717, 1.165) is 31.4 Å². The Bertz CT molecular complexity index is 853. The molecule has 0 bridgehead atoms. The van der Waals surface area contributed by atoms with E-state index in [4.69, 9.17) is 11.6 Å². The van der Waals surface area contributed by atoms with Gasteiger partial charge in [0.05, 0.1) is 10.6 Å². The molecule has 0 spiro atoms. The lowest BCUT2D eigenvalue weighted by molar-refractivity contribution is 0.0706. The molecule has 1 aromatic heterocycles. The molecule has 122 valence electrons. The predicted molar refractivity (Wildman–Crippen MR) is 97.6 cm³/mol. The van der Waals surface area contributed by atoms with Gasteiger partial charge in [0.2, 0.25) is 0 Å². The third kappa shape index (κ3) is 2.80. The number of fused-ring (bicyclic) bond motifs is 1. The standard InChI is InChI=1S/C20H19ClN2O/c21-17-9-3-2-8-16(17)20(24)23-11-5-7-15(13-23)19-12-14-6-1-4-10-18(14)22-19/h1-4,6,8-10,12,15,22H,5,7,11,13H2. The maximum Gasteiger partial charge on any atom is 0.255 e. The van der Waals surface area contributed by atoms with Crippen molar-refractivity contribution < 1.29 is 4.79 Å². The number of nitrogens with one attached hydrogen (secondary N) is 1. The van der Waals surface area contributed by atoms with Gasteiger partial charge in [0.15, 0.2) is 0 Å². The fourth-order valence-corrected chi connectivity index (χ4v) is 3.75. The van der Waals surface area contributed by atoms with Gasteiger partial charge in [-0.15, -0.1) is 0 Å². The first-order valence-electron chi connectivity index (χ1n) is 8.34. The number of carbonyl (C=O) groups is 1. The number of hydrogen-bond acceptors (Lipinski definition) is 1. The van der Waals surface area contributed by atoms with Crippen molar-refractivity contribution in [1.82, 2.24) is 9.88 Å². The summed E-state index contributed by atoms with van der Waals surface area (Å²) in [6, 6.07) is 17.8. The highest BCUT2D eigenvalue weighted by Crippen LogP contribution is 2.30. The van der Waals surface area contributed by atoms with Gasteiger partial charge in [-0.05, 0) is 42.5 Å². The largest absolute Gasteiger partial charge is 0.358 e. The average molecular weight is 339 g/mol. The van der Waals surface area contributed by atoms with Crippen LogP contribution in [0.25, 0.3) is 10.9 Å². The van der Waals surface area contributed by atoms with Crippen molar-refractivity contribution in [3.63, 3.8) is 0 Å². The molecule has 0 saturated carbocycles. The van der Waals surface area contributed by atoms with Gasteiger partial charge in [-0.25, -0.2) is 0 Å². The van der Waals surface area contributed by atoms with Gasteiger partial charge in [-0.2, -0.15) is 0 Å². The van der Waals surface area contributed by atoms with Gasteiger partial charge < -0.3 is 9.88 Å². The molecule has 0 aliphatic carbocycles. The maximum atomic E-state index is 12.8. The zero-order chi connectivity index (χ0) is 16.5. The maximum absolute atomic E-state index is 12.8. The summed E-state index contributed by atoms with van der Waals surface area (Å²) in [5, 5.41) is 1.75. The zero-order valence-electron chi connectivity index (χ0n) is 13.3. The molecular formula is C20H19ClN2O. The van der Waals surface area contributed by atoms with E-state index in [0.29, 0.717) is 16.5 Å². The molecule has 1 unspecified atom stereocenters. The molecule has 24 heavy (non-hydrogen) atoms. The van der Waals surface area contributed by atoms with E-state index in [1.165, 1.54) is 11.1 Å². The zero-order valence-corrected chi connectivity index (χ0v) is 14.1. The van der Waals surface area contributed by atoms with Crippen molar-refractivity contribution >= 4 is 28.4 Å². The Morgan fingerprint density at radius 3 is 2.75 bits per heavy atom. The third-order valence-corrected chi connectivity index (χ3v) is 5.13. The van der Waals surface area contributed by atoms with Crippen molar-refractivity contribution in [2.45, 2.75) is 18.8 Å². The van der Waals surface area contributed by atoms with Gasteiger partial charge in [0.1, 0.15) is 0 Å². The molecule has 2 heterocycles.